The van der Waals surface area contributed by atoms with E-state index >= 15 is 0 Å². The fraction of sp³-hybridized carbons (Fsp3) is 1.00. The molecular formula is C9H20O2Si. The van der Waals surface area contributed by atoms with Crippen molar-refractivity contribution >= 4 is 10.2 Å². The van der Waals surface area contributed by atoms with E-state index in [-0.39, 0.29) is 5.41 Å². The molecule has 2 nitrogen and oxygen atoms in total. The molecule has 0 N–H and O–H groups in total. The van der Waals surface area contributed by atoms with Crippen LogP contribution in [0.3, 0.4) is 0 Å². The topological polar surface area (TPSA) is 18.5 Å². The van der Waals surface area contributed by atoms with Gasteiger partial charge in [-0.3, -0.25) is 0 Å². The number of rotatable bonds is 4. The summed E-state index contributed by atoms with van der Waals surface area (Å²) in [6.07, 6.45) is 5.96. The van der Waals surface area contributed by atoms with Crippen molar-refractivity contribution in [2.75, 3.05) is 13.2 Å². The molecule has 1 atom stereocenters. The van der Waals surface area contributed by atoms with Gasteiger partial charge in [-0.15, -0.1) is 0 Å². The summed E-state index contributed by atoms with van der Waals surface area (Å²) in [7, 11) is 1.00. The van der Waals surface area contributed by atoms with Crippen LogP contribution in [0.5, 0.6) is 0 Å². The van der Waals surface area contributed by atoms with E-state index in [9.17, 15) is 0 Å². The van der Waals surface area contributed by atoms with Crippen LogP contribution < -0.4 is 0 Å². The Morgan fingerprint density at radius 3 is 2.92 bits per heavy atom. The van der Waals surface area contributed by atoms with Gasteiger partial charge in [0, 0.05) is 13.2 Å². The van der Waals surface area contributed by atoms with Gasteiger partial charge in [-0.1, -0.05) is 13.3 Å². The third kappa shape index (κ3) is 3.25. The monoisotopic (exact) mass is 188 g/mol. The second-order valence-electron chi connectivity index (χ2n) is 3.64. The molecule has 0 aromatic carbocycles. The minimum absolute atomic E-state index is 0.132. The Kier molecular flexibility index (Phi) is 4.25. The average molecular weight is 188 g/mol. The van der Waals surface area contributed by atoms with E-state index in [2.05, 4.69) is 6.92 Å². The minimum atomic E-state index is -0.132. The van der Waals surface area contributed by atoms with Crippen LogP contribution in [0.25, 0.3) is 0 Å². The lowest BCUT2D eigenvalue weighted by Gasteiger charge is -2.34. The average Bonchev–Trinajstić information content (AvgIpc) is 2.06. The molecule has 0 amide bonds. The van der Waals surface area contributed by atoms with E-state index in [0.29, 0.717) is 0 Å². The largest absolute Gasteiger partial charge is 0.355 e. The van der Waals surface area contributed by atoms with Gasteiger partial charge in [0.2, 0.25) is 0 Å². The fourth-order valence-corrected chi connectivity index (χ4v) is 2.22. The van der Waals surface area contributed by atoms with Crippen LogP contribution in [-0.2, 0) is 9.47 Å². The Balaban J connectivity index is 2.17. The molecule has 0 aromatic rings. The highest BCUT2D eigenvalue weighted by Crippen LogP contribution is 2.22. The van der Waals surface area contributed by atoms with Crippen molar-refractivity contribution in [1.29, 1.82) is 0 Å². The first kappa shape index (κ1) is 10.2. The maximum atomic E-state index is 5.75. The number of unbranched alkanes of at least 4 members (excludes halogenated alkanes) is 1. The number of hydrogen-bond acceptors (Lipinski definition) is 2. The first-order valence-corrected chi connectivity index (χ1v) is 6.05. The molecule has 0 aliphatic carbocycles. The Morgan fingerprint density at radius 2 is 2.33 bits per heavy atom. The van der Waals surface area contributed by atoms with Gasteiger partial charge in [0.25, 0.3) is 0 Å². The summed E-state index contributed by atoms with van der Waals surface area (Å²) in [6.45, 7) is 3.96. The highest BCUT2D eigenvalue weighted by molar-refractivity contribution is 6.13. The van der Waals surface area contributed by atoms with Crippen molar-refractivity contribution < 1.29 is 9.47 Å². The summed E-state index contributed by atoms with van der Waals surface area (Å²) in [5.41, 5.74) is -0.132. The van der Waals surface area contributed by atoms with Crippen molar-refractivity contribution in [2.45, 2.75) is 44.4 Å². The lowest BCUT2D eigenvalue weighted by Crippen LogP contribution is -2.39. The van der Waals surface area contributed by atoms with Crippen LogP contribution in [0, 0.1) is 0 Å². The molecule has 1 fully saturated rings. The maximum Gasteiger partial charge on any atom is 0.141 e. The Labute approximate surface area is 78.1 Å². The highest BCUT2D eigenvalue weighted by atomic mass is 28.1. The van der Waals surface area contributed by atoms with Crippen LogP contribution in [0.15, 0.2) is 0 Å². The fourth-order valence-electron chi connectivity index (χ4n) is 1.45. The van der Waals surface area contributed by atoms with Crippen LogP contribution in [-0.4, -0.2) is 28.9 Å². The van der Waals surface area contributed by atoms with Crippen molar-refractivity contribution in [3.63, 3.8) is 0 Å². The van der Waals surface area contributed by atoms with Gasteiger partial charge in [-0.25, -0.2) is 0 Å². The molecule has 0 radical (unpaired) electrons. The zero-order valence-electron chi connectivity index (χ0n) is 8.27. The first-order chi connectivity index (χ1) is 5.77. The Morgan fingerprint density at radius 1 is 1.50 bits per heavy atom. The third-order valence-electron chi connectivity index (χ3n) is 2.34. The van der Waals surface area contributed by atoms with E-state index in [0.717, 1.165) is 36.3 Å². The molecule has 0 bridgehead atoms. The van der Waals surface area contributed by atoms with Gasteiger partial charge < -0.3 is 9.47 Å². The smallest absolute Gasteiger partial charge is 0.141 e. The van der Waals surface area contributed by atoms with Crippen molar-refractivity contribution in [3.05, 3.63) is 0 Å². The summed E-state index contributed by atoms with van der Waals surface area (Å²) >= 11 is 0. The molecule has 1 saturated heterocycles. The quantitative estimate of drug-likeness (QED) is 0.484. The summed E-state index contributed by atoms with van der Waals surface area (Å²) in [6, 6.07) is 0. The predicted octanol–water partition coefficient (Wildman–Crippen LogP) is 1.02. The molecule has 12 heavy (non-hydrogen) atoms. The molecule has 1 unspecified atom stereocenters. The second-order valence-corrected chi connectivity index (χ2v) is 5.16. The number of ether oxygens (including phenoxy) is 2. The maximum absolute atomic E-state index is 5.75. The van der Waals surface area contributed by atoms with Crippen molar-refractivity contribution in [3.8, 4) is 0 Å². The van der Waals surface area contributed by atoms with E-state index in [1.165, 1.54) is 19.3 Å². The summed E-state index contributed by atoms with van der Waals surface area (Å²) < 4.78 is 11.4. The molecule has 1 heterocycles. The number of hydrogen-bond donors (Lipinski definition) is 0. The van der Waals surface area contributed by atoms with Gasteiger partial charge in [-0.2, -0.15) is 0 Å². The molecule has 1 aliphatic rings. The highest BCUT2D eigenvalue weighted by Gasteiger charge is 2.27. The minimum Gasteiger partial charge on any atom is -0.355 e. The van der Waals surface area contributed by atoms with Crippen LogP contribution >= 0.6 is 0 Å². The van der Waals surface area contributed by atoms with E-state index in [4.69, 9.17) is 9.47 Å². The van der Waals surface area contributed by atoms with E-state index in [1.54, 1.807) is 0 Å². The molecule has 72 valence electrons. The van der Waals surface area contributed by atoms with Gasteiger partial charge in [0.1, 0.15) is 5.41 Å². The first-order valence-electron chi connectivity index (χ1n) is 5.05. The third-order valence-corrected chi connectivity index (χ3v) is 3.42. The molecular weight excluding hydrogens is 168 g/mol. The lowest BCUT2D eigenvalue weighted by atomic mass is 10.2. The summed E-state index contributed by atoms with van der Waals surface area (Å²) in [5, 5.41) is 0. The van der Waals surface area contributed by atoms with Crippen LogP contribution in [0.4, 0.5) is 0 Å². The standard InChI is InChI=1S/C9H20O2Si/c1-2-3-7-10-9(12)6-4-5-8-11-9/h2-8H2,1,12H3. The summed E-state index contributed by atoms with van der Waals surface area (Å²) in [5.74, 6) is 0. The molecule has 0 aromatic heterocycles. The van der Waals surface area contributed by atoms with Crippen LogP contribution in [0.1, 0.15) is 39.0 Å². The predicted molar refractivity (Wildman–Crippen MR) is 53.3 cm³/mol. The van der Waals surface area contributed by atoms with Gasteiger partial charge in [-0.05, 0) is 25.7 Å². The SMILES string of the molecule is CCCCOC1([SiH3])CCCCO1. The molecule has 1 rings (SSSR count). The second kappa shape index (κ2) is 4.99. The Hall–Kier alpha value is 0.137. The van der Waals surface area contributed by atoms with Gasteiger partial charge in [0.15, 0.2) is 0 Å². The van der Waals surface area contributed by atoms with E-state index in [1.807, 2.05) is 0 Å². The Bertz CT molecular complexity index is 122. The van der Waals surface area contributed by atoms with Gasteiger partial charge >= 0.3 is 0 Å². The molecule has 0 saturated carbocycles. The zero-order valence-corrected chi connectivity index (χ0v) is 10.3. The molecule has 3 heteroatoms. The van der Waals surface area contributed by atoms with Crippen LogP contribution in [0.2, 0.25) is 0 Å². The lowest BCUT2D eigenvalue weighted by molar-refractivity contribution is -0.198. The summed E-state index contributed by atoms with van der Waals surface area (Å²) in [4.78, 5) is 0. The van der Waals surface area contributed by atoms with E-state index < -0.39 is 0 Å². The van der Waals surface area contributed by atoms with Gasteiger partial charge in [0.05, 0.1) is 10.2 Å². The normalized spacial score (nSPS) is 30.8. The zero-order chi connectivity index (χ0) is 8.86. The van der Waals surface area contributed by atoms with Crippen molar-refractivity contribution in [1.82, 2.24) is 0 Å². The molecule has 0 spiro atoms. The molecule has 1 aliphatic heterocycles. The van der Waals surface area contributed by atoms with Crippen molar-refractivity contribution in [2.24, 2.45) is 0 Å².